The number of ether oxygens (including phenoxy) is 2. The van der Waals surface area contributed by atoms with Gasteiger partial charge in [-0.25, -0.2) is 4.79 Å². The Bertz CT molecular complexity index is 207. The standard InChI is InChI=1S/C9H15NO4/c1-3-8(11)10-4-5-14-7(6-10)9(12)13-2/h7H,3-6H2,1-2H3. The Labute approximate surface area is 83.0 Å². The van der Waals surface area contributed by atoms with Gasteiger partial charge in [0.05, 0.1) is 20.3 Å². The lowest BCUT2D eigenvalue weighted by atomic mass is 10.2. The summed E-state index contributed by atoms with van der Waals surface area (Å²) in [5.41, 5.74) is 0. The molecular formula is C9H15NO4. The van der Waals surface area contributed by atoms with Gasteiger partial charge in [-0.15, -0.1) is 0 Å². The molecule has 0 aromatic rings. The molecule has 1 rings (SSSR count). The average Bonchev–Trinajstić information content (AvgIpc) is 2.27. The molecule has 0 aliphatic carbocycles. The molecule has 0 saturated carbocycles. The highest BCUT2D eigenvalue weighted by Crippen LogP contribution is 2.07. The Balaban J connectivity index is 2.51. The predicted molar refractivity (Wildman–Crippen MR) is 48.6 cm³/mol. The number of esters is 1. The molecule has 1 aliphatic heterocycles. The monoisotopic (exact) mass is 201 g/mol. The van der Waals surface area contributed by atoms with Crippen LogP contribution in [0.4, 0.5) is 0 Å². The zero-order valence-electron chi connectivity index (χ0n) is 8.49. The summed E-state index contributed by atoms with van der Waals surface area (Å²) in [6.45, 7) is 3.05. The first-order chi connectivity index (χ1) is 6.69. The minimum Gasteiger partial charge on any atom is -0.467 e. The van der Waals surface area contributed by atoms with E-state index in [9.17, 15) is 9.59 Å². The minimum atomic E-state index is -0.621. The maximum Gasteiger partial charge on any atom is 0.336 e. The second-order valence-electron chi connectivity index (χ2n) is 3.08. The first kappa shape index (κ1) is 11.0. The van der Waals surface area contributed by atoms with E-state index in [2.05, 4.69) is 4.74 Å². The van der Waals surface area contributed by atoms with Gasteiger partial charge in [0.2, 0.25) is 5.91 Å². The van der Waals surface area contributed by atoms with E-state index in [0.29, 0.717) is 26.1 Å². The zero-order valence-corrected chi connectivity index (χ0v) is 8.49. The number of methoxy groups -OCH3 is 1. The molecule has 0 N–H and O–H groups in total. The fourth-order valence-corrected chi connectivity index (χ4v) is 1.37. The number of hydrogen-bond donors (Lipinski definition) is 0. The van der Waals surface area contributed by atoms with Crippen molar-refractivity contribution in [2.24, 2.45) is 0 Å². The minimum absolute atomic E-state index is 0.0437. The van der Waals surface area contributed by atoms with Crippen LogP contribution in [0.15, 0.2) is 0 Å². The molecule has 0 bridgehead atoms. The van der Waals surface area contributed by atoms with Gasteiger partial charge in [-0.05, 0) is 0 Å². The van der Waals surface area contributed by atoms with E-state index in [1.54, 1.807) is 11.8 Å². The van der Waals surface area contributed by atoms with Crippen molar-refractivity contribution in [2.75, 3.05) is 26.8 Å². The summed E-state index contributed by atoms with van der Waals surface area (Å²) in [7, 11) is 1.31. The Morgan fingerprint density at radius 3 is 2.86 bits per heavy atom. The van der Waals surface area contributed by atoms with Gasteiger partial charge in [0.1, 0.15) is 0 Å². The van der Waals surface area contributed by atoms with Crippen molar-refractivity contribution in [3.8, 4) is 0 Å². The average molecular weight is 201 g/mol. The van der Waals surface area contributed by atoms with Crippen LogP contribution < -0.4 is 0 Å². The molecule has 5 nitrogen and oxygen atoms in total. The van der Waals surface area contributed by atoms with Crippen LogP contribution in [0, 0.1) is 0 Å². The summed E-state index contributed by atoms with van der Waals surface area (Å²) in [5, 5.41) is 0. The number of morpholine rings is 1. The van der Waals surface area contributed by atoms with Gasteiger partial charge in [0, 0.05) is 13.0 Å². The van der Waals surface area contributed by atoms with Crippen LogP contribution in [0.2, 0.25) is 0 Å². The Hall–Kier alpha value is -1.10. The van der Waals surface area contributed by atoms with Crippen LogP contribution in [-0.4, -0.2) is 49.7 Å². The fourth-order valence-electron chi connectivity index (χ4n) is 1.37. The fraction of sp³-hybridized carbons (Fsp3) is 0.778. The topological polar surface area (TPSA) is 55.8 Å². The molecule has 0 aromatic carbocycles. The number of carbonyl (C=O) groups excluding carboxylic acids is 2. The molecular weight excluding hydrogens is 186 g/mol. The second-order valence-corrected chi connectivity index (χ2v) is 3.08. The molecule has 1 aliphatic rings. The van der Waals surface area contributed by atoms with Crippen LogP contribution in [0.1, 0.15) is 13.3 Å². The summed E-state index contributed by atoms with van der Waals surface area (Å²) in [5.74, 6) is -0.374. The van der Waals surface area contributed by atoms with Crippen molar-refractivity contribution in [3.63, 3.8) is 0 Å². The van der Waals surface area contributed by atoms with Crippen LogP contribution >= 0.6 is 0 Å². The van der Waals surface area contributed by atoms with Crippen molar-refractivity contribution in [1.29, 1.82) is 0 Å². The molecule has 5 heteroatoms. The lowest BCUT2D eigenvalue weighted by Crippen LogP contribution is -2.48. The third-order valence-electron chi connectivity index (χ3n) is 2.19. The Kier molecular flexibility index (Phi) is 3.88. The number of hydrogen-bond acceptors (Lipinski definition) is 4. The molecule has 0 aromatic heterocycles. The third kappa shape index (κ3) is 2.45. The van der Waals surface area contributed by atoms with Gasteiger partial charge in [0.25, 0.3) is 0 Å². The van der Waals surface area contributed by atoms with Crippen LogP contribution in [0.25, 0.3) is 0 Å². The Morgan fingerprint density at radius 1 is 1.57 bits per heavy atom. The zero-order chi connectivity index (χ0) is 10.6. The van der Waals surface area contributed by atoms with E-state index < -0.39 is 12.1 Å². The molecule has 1 atom stereocenters. The first-order valence-corrected chi connectivity index (χ1v) is 4.66. The van der Waals surface area contributed by atoms with Gasteiger partial charge in [-0.3, -0.25) is 4.79 Å². The van der Waals surface area contributed by atoms with Crippen LogP contribution in [0.5, 0.6) is 0 Å². The van der Waals surface area contributed by atoms with Crippen LogP contribution in [0.3, 0.4) is 0 Å². The Morgan fingerprint density at radius 2 is 2.29 bits per heavy atom. The quantitative estimate of drug-likeness (QED) is 0.580. The van der Waals surface area contributed by atoms with Crippen molar-refractivity contribution < 1.29 is 19.1 Å². The largest absolute Gasteiger partial charge is 0.467 e. The molecule has 1 unspecified atom stereocenters. The van der Waals surface area contributed by atoms with Gasteiger partial charge in [-0.1, -0.05) is 6.92 Å². The normalized spacial score (nSPS) is 21.9. The summed E-state index contributed by atoms with van der Waals surface area (Å²) < 4.78 is 9.74. The molecule has 14 heavy (non-hydrogen) atoms. The van der Waals surface area contributed by atoms with Crippen molar-refractivity contribution >= 4 is 11.9 Å². The summed E-state index contributed by atoms with van der Waals surface area (Å²) in [6.07, 6.45) is -0.169. The molecule has 1 heterocycles. The highest BCUT2D eigenvalue weighted by atomic mass is 16.6. The van der Waals surface area contributed by atoms with E-state index in [-0.39, 0.29) is 5.91 Å². The molecule has 1 fully saturated rings. The molecule has 1 amide bonds. The van der Waals surface area contributed by atoms with Crippen molar-refractivity contribution in [2.45, 2.75) is 19.4 Å². The summed E-state index contributed by atoms with van der Waals surface area (Å²) in [6, 6.07) is 0. The summed E-state index contributed by atoms with van der Waals surface area (Å²) in [4.78, 5) is 24.1. The van der Waals surface area contributed by atoms with Crippen molar-refractivity contribution in [1.82, 2.24) is 4.90 Å². The predicted octanol–water partition coefficient (Wildman–Crippen LogP) is -0.203. The molecule has 0 spiro atoms. The van der Waals surface area contributed by atoms with E-state index in [4.69, 9.17) is 4.74 Å². The summed E-state index contributed by atoms with van der Waals surface area (Å²) >= 11 is 0. The third-order valence-corrected chi connectivity index (χ3v) is 2.19. The van der Waals surface area contributed by atoms with Gasteiger partial charge >= 0.3 is 5.97 Å². The first-order valence-electron chi connectivity index (χ1n) is 4.66. The molecule has 1 saturated heterocycles. The maximum absolute atomic E-state index is 11.3. The highest BCUT2D eigenvalue weighted by molar-refractivity contribution is 5.79. The molecule has 0 radical (unpaired) electrons. The SMILES string of the molecule is CCC(=O)N1CCOC(C(=O)OC)C1. The lowest BCUT2D eigenvalue weighted by Gasteiger charge is -2.31. The number of nitrogens with zero attached hydrogens (tertiary/aromatic N) is 1. The van der Waals surface area contributed by atoms with E-state index >= 15 is 0 Å². The number of amides is 1. The van der Waals surface area contributed by atoms with Crippen LogP contribution in [-0.2, 0) is 19.1 Å². The molecule has 80 valence electrons. The highest BCUT2D eigenvalue weighted by Gasteiger charge is 2.28. The van der Waals surface area contributed by atoms with E-state index in [1.807, 2.05) is 0 Å². The van der Waals surface area contributed by atoms with Gasteiger partial charge in [0.15, 0.2) is 6.10 Å². The van der Waals surface area contributed by atoms with E-state index in [0.717, 1.165) is 0 Å². The number of carbonyl (C=O) groups is 2. The smallest absolute Gasteiger partial charge is 0.336 e. The van der Waals surface area contributed by atoms with Gasteiger partial charge in [-0.2, -0.15) is 0 Å². The lowest BCUT2D eigenvalue weighted by molar-refractivity contribution is -0.162. The van der Waals surface area contributed by atoms with Crippen molar-refractivity contribution in [3.05, 3.63) is 0 Å². The maximum atomic E-state index is 11.3. The van der Waals surface area contributed by atoms with E-state index in [1.165, 1.54) is 7.11 Å². The van der Waals surface area contributed by atoms with Gasteiger partial charge < -0.3 is 14.4 Å². The second kappa shape index (κ2) is 4.95. The number of rotatable bonds is 2.